The molecule has 4 rings (SSSR count). The van der Waals surface area contributed by atoms with Crippen LogP contribution in [0.3, 0.4) is 0 Å². The highest BCUT2D eigenvalue weighted by atomic mass is 32.2. The number of carbonyl (C=O) groups excluding carboxylic acids is 2. The van der Waals surface area contributed by atoms with Crippen LogP contribution in [0.5, 0.6) is 0 Å². The van der Waals surface area contributed by atoms with Crippen LogP contribution in [-0.4, -0.2) is 84.7 Å². The average molecular weight is 546 g/mol. The fourth-order valence-electron chi connectivity index (χ4n) is 5.45. The molecule has 4 aliphatic rings. The van der Waals surface area contributed by atoms with Gasteiger partial charge in [0.05, 0.1) is 12.0 Å². The largest absolute Gasteiger partial charge is 0.477 e. The van der Waals surface area contributed by atoms with E-state index in [2.05, 4.69) is 22.7 Å². The molecule has 0 radical (unpaired) electrons. The Morgan fingerprint density at radius 1 is 1.33 bits per heavy atom. The Hall–Kier alpha value is -1.51. The summed E-state index contributed by atoms with van der Waals surface area (Å²) in [5, 5.41) is 12.5. The number of ketones is 1. The first-order valence-corrected chi connectivity index (χ1v) is 14.5. The number of hydrogen-bond donors (Lipinski definition) is 5. The lowest BCUT2D eigenvalue weighted by Crippen LogP contribution is -2.62. The lowest BCUT2D eigenvalue weighted by atomic mass is 9.73. The van der Waals surface area contributed by atoms with Crippen molar-refractivity contribution in [2.45, 2.75) is 71.0 Å². The number of carbonyl (C=O) groups is 3. The van der Waals surface area contributed by atoms with Gasteiger partial charge in [0.1, 0.15) is 11.5 Å². The van der Waals surface area contributed by atoms with E-state index in [1.165, 1.54) is 9.21 Å². The third kappa shape index (κ3) is 6.13. The van der Waals surface area contributed by atoms with Gasteiger partial charge < -0.3 is 21.1 Å². The molecule has 0 aromatic carbocycles. The summed E-state index contributed by atoms with van der Waals surface area (Å²) >= 11 is 4.26. The summed E-state index contributed by atoms with van der Waals surface area (Å²) < 4.78 is 27.8. The van der Waals surface area contributed by atoms with E-state index in [4.69, 9.17) is 5.73 Å². The van der Waals surface area contributed by atoms with Crippen LogP contribution >= 0.6 is 12.6 Å². The van der Waals surface area contributed by atoms with Crippen molar-refractivity contribution in [3.63, 3.8) is 0 Å². The molecule has 0 spiro atoms. The first-order chi connectivity index (χ1) is 16.9. The number of amides is 1. The van der Waals surface area contributed by atoms with Gasteiger partial charge in [0, 0.05) is 55.4 Å². The van der Waals surface area contributed by atoms with Crippen molar-refractivity contribution in [3.8, 4) is 0 Å². The molecule has 0 unspecified atom stereocenters. The lowest BCUT2D eigenvalue weighted by Gasteiger charge is -2.47. The van der Waals surface area contributed by atoms with Crippen molar-refractivity contribution >= 4 is 40.5 Å². The van der Waals surface area contributed by atoms with Gasteiger partial charge in [-0.25, -0.2) is 9.52 Å². The number of nitrogens with one attached hydrogen (secondary N) is 2. The van der Waals surface area contributed by atoms with Crippen LogP contribution in [0.4, 0.5) is 0 Å². The van der Waals surface area contributed by atoms with E-state index in [1.54, 1.807) is 6.92 Å². The molecule has 0 bridgehead atoms. The maximum Gasteiger partial charge on any atom is 0.353 e. The Kier molecular flexibility index (Phi) is 9.61. The van der Waals surface area contributed by atoms with Crippen LogP contribution in [0.2, 0.25) is 0 Å². The minimum atomic E-state index is -3.32. The summed E-state index contributed by atoms with van der Waals surface area (Å²) in [5.74, 6) is -1.61. The van der Waals surface area contributed by atoms with Crippen molar-refractivity contribution in [3.05, 3.63) is 10.6 Å². The Morgan fingerprint density at radius 3 is 2.56 bits per heavy atom. The number of fused-ring (bicyclic) bond motifs is 1. The quantitative estimate of drug-likeness (QED) is 0.204. The van der Waals surface area contributed by atoms with Crippen LogP contribution in [0.15, 0.2) is 10.6 Å². The van der Waals surface area contributed by atoms with Gasteiger partial charge in [-0.1, -0.05) is 20.8 Å². The molecule has 0 saturated carbocycles. The molecule has 3 saturated heterocycles. The highest BCUT2D eigenvalue weighted by Crippen LogP contribution is 2.49. The zero-order chi connectivity index (χ0) is 26.8. The summed E-state index contributed by atoms with van der Waals surface area (Å²) in [6.45, 7) is 8.01. The van der Waals surface area contributed by atoms with Gasteiger partial charge in [0.2, 0.25) is 5.91 Å². The van der Waals surface area contributed by atoms with Crippen molar-refractivity contribution in [2.24, 2.45) is 23.5 Å². The molecule has 36 heavy (non-hydrogen) atoms. The number of nitrogens with zero attached hydrogens (tertiary/aromatic N) is 2. The molecule has 0 aromatic rings. The SMILES string of the molecule is CCC(=O)C[C@H](C)[C@H]1C(=O)N2C(C(=O)O)=C(S)[C@H](C)[C@@H]12.N[C@H]1CCN(S(=O)(=O)NC[C@@H]2CCCN2)C1. The molecular weight excluding hydrogens is 506 g/mol. The lowest BCUT2D eigenvalue weighted by molar-refractivity contribution is -0.160. The molecule has 5 N–H and O–H groups in total. The van der Waals surface area contributed by atoms with Gasteiger partial charge >= 0.3 is 5.97 Å². The number of β-lactam (4-membered cyclic amide) rings is 1. The standard InChI is InChI=1S/C14H19NO4S.C9H20N4O2S/c1-4-8(16)5-6(2)9-10-7(3)12(20)11(14(18)19)15(10)13(9)17;10-8-3-5-13(7-8)16(14,15)12-6-9-2-1-4-11-9/h6-7,9-10,20H,4-5H2,1-3H3,(H,18,19);8-9,11-12H,1-7,10H2/t6-,7+,9+,10-;8-,9-/m00/s1. The van der Waals surface area contributed by atoms with Gasteiger partial charge in [-0.15, -0.1) is 12.6 Å². The Morgan fingerprint density at radius 2 is 2.03 bits per heavy atom. The van der Waals surface area contributed by atoms with Crippen LogP contribution < -0.4 is 15.8 Å². The maximum atomic E-state index is 12.2. The van der Waals surface area contributed by atoms with Crippen LogP contribution in [-0.2, 0) is 24.6 Å². The highest BCUT2D eigenvalue weighted by Gasteiger charge is 2.59. The third-order valence-corrected chi connectivity index (χ3v) is 9.74. The second-order valence-corrected chi connectivity index (χ2v) is 12.4. The smallest absolute Gasteiger partial charge is 0.353 e. The molecule has 3 fully saturated rings. The van der Waals surface area contributed by atoms with E-state index in [9.17, 15) is 27.9 Å². The number of rotatable bonds is 9. The summed E-state index contributed by atoms with van der Waals surface area (Å²) in [5.41, 5.74) is 5.69. The number of hydrogen-bond acceptors (Lipinski definition) is 8. The van der Waals surface area contributed by atoms with E-state index in [-0.39, 0.29) is 53.3 Å². The van der Waals surface area contributed by atoms with Crippen LogP contribution in [0.1, 0.15) is 52.9 Å². The molecular formula is C23H39N5O6S2. The number of nitrogens with two attached hydrogens (primary N) is 1. The number of carboxylic acid groups (broad SMARTS) is 1. The first kappa shape index (κ1) is 29.1. The summed E-state index contributed by atoms with van der Waals surface area (Å²) in [6.07, 6.45) is 3.76. The van der Waals surface area contributed by atoms with E-state index in [1.807, 2.05) is 13.8 Å². The second kappa shape index (κ2) is 11.9. The van der Waals surface area contributed by atoms with Crippen LogP contribution in [0, 0.1) is 17.8 Å². The number of thiol groups is 1. The molecule has 204 valence electrons. The maximum absolute atomic E-state index is 12.2. The topological polar surface area (TPSA) is 162 Å². The Bertz CT molecular complexity index is 997. The van der Waals surface area contributed by atoms with Crippen molar-refractivity contribution in [1.82, 2.24) is 19.2 Å². The monoisotopic (exact) mass is 545 g/mol. The van der Waals surface area contributed by atoms with Gasteiger partial charge in [-0.3, -0.25) is 9.59 Å². The zero-order valence-corrected chi connectivity index (χ0v) is 22.9. The second-order valence-electron chi connectivity index (χ2n) is 10.2. The third-order valence-electron chi connectivity index (χ3n) is 7.58. The van der Waals surface area contributed by atoms with Gasteiger partial charge in [-0.2, -0.15) is 12.7 Å². The predicted octanol–water partition coefficient (Wildman–Crippen LogP) is 0.300. The minimum absolute atomic E-state index is 0.00102. The number of aliphatic carboxylic acids is 1. The predicted molar refractivity (Wildman–Crippen MR) is 138 cm³/mol. The molecule has 6 atom stereocenters. The summed E-state index contributed by atoms with van der Waals surface area (Å²) in [7, 11) is -3.32. The first-order valence-electron chi connectivity index (χ1n) is 12.6. The van der Waals surface area contributed by atoms with Crippen LogP contribution in [0.25, 0.3) is 0 Å². The molecule has 11 nitrogen and oxygen atoms in total. The van der Waals surface area contributed by atoms with E-state index < -0.39 is 16.2 Å². The fraction of sp³-hybridized carbons (Fsp3) is 0.783. The van der Waals surface area contributed by atoms with Crippen molar-refractivity contribution in [2.75, 3.05) is 26.2 Å². The normalized spacial score (nSPS) is 31.1. The minimum Gasteiger partial charge on any atom is -0.477 e. The number of Topliss-reactive ketones (excluding diaryl/α,β-unsaturated/α-hetero) is 1. The molecule has 4 aliphatic heterocycles. The van der Waals surface area contributed by atoms with E-state index in [0.29, 0.717) is 37.4 Å². The Balaban J connectivity index is 0.000000205. The Labute approximate surface area is 218 Å². The number of carboxylic acids is 1. The van der Waals surface area contributed by atoms with E-state index in [0.717, 1.165) is 25.8 Å². The van der Waals surface area contributed by atoms with Crippen molar-refractivity contribution in [1.29, 1.82) is 0 Å². The summed E-state index contributed by atoms with van der Waals surface area (Å²) in [4.78, 5) is 36.8. The van der Waals surface area contributed by atoms with Gasteiger partial charge in [0.15, 0.2) is 0 Å². The molecule has 13 heteroatoms. The van der Waals surface area contributed by atoms with E-state index >= 15 is 0 Å². The molecule has 0 aromatic heterocycles. The summed E-state index contributed by atoms with van der Waals surface area (Å²) in [6, 6.07) is 0.105. The highest BCUT2D eigenvalue weighted by molar-refractivity contribution is 7.87. The van der Waals surface area contributed by atoms with Crippen molar-refractivity contribution < 1.29 is 27.9 Å². The molecule has 4 heterocycles. The zero-order valence-electron chi connectivity index (χ0n) is 21.1. The fourth-order valence-corrected chi connectivity index (χ4v) is 7.13. The molecule has 1 amide bonds. The molecule has 0 aliphatic carbocycles. The van der Waals surface area contributed by atoms with Gasteiger partial charge in [-0.05, 0) is 31.7 Å². The van der Waals surface area contributed by atoms with Gasteiger partial charge in [0.25, 0.3) is 10.2 Å². The average Bonchev–Trinajstić information content (AvgIpc) is 3.54.